The largest absolute Gasteiger partial charge is 0.494 e. The molecule has 19 heavy (non-hydrogen) atoms. The molecule has 1 aromatic carbocycles. The molecule has 1 N–H and O–H groups in total. The van der Waals surface area contributed by atoms with Crippen LogP contribution in [0.1, 0.15) is 19.3 Å². The van der Waals surface area contributed by atoms with E-state index in [1.807, 2.05) is 12.1 Å². The number of rotatable bonds is 3. The van der Waals surface area contributed by atoms with E-state index in [1.165, 1.54) is 25.0 Å². The molecule has 0 saturated carbocycles. The predicted octanol–water partition coefficient (Wildman–Crippen LogP) is 3.99. The normalized spacial score (nSPS) is 19.7. The number of thioether (sulfide) groups is 1. The summed E-state index contributed by atoms with van der Waals surface area (Å²) >= 11 is 7.55. The van der Waals surface area contributed by atoms with Crippen molar-refractivity contribution in [3.63, 3.8) is 0 Å². The molecular formula is C14H18N2OS2. The Labute approximate surface area is 122 Å². The zero-order valence-electron chi connectivity index (χ0n) is 11.0. The summed E-state index contributed by atoms with van der Waals surface area (Å²) in [6.07, 6.45) is 3.99. The Morgan fingerprint density at radius 3 is 3.11 bits per heavy atom. The van der Waals surface area contributed by atoms with Crippen LogP contribution >= 0.6 is 24.0 Å². The van der Waals surface area contributed by atoms with Gasteiger partial charge in [0.2, 0.25) is 0 Å². The molecule has 102 valence electrons. The summed E-state index contributed by atoms with van der Waals surface area (Å²) < 4.78 is 8.41. The Hall–Kier alpha value is -0.940. The second kappa shape index (κ2) is 5.59. The Kier molecular flexibility index (Phi) is 3.84. The number of methoxy groups -OCH3 is 1. The van der Waals surface area contributed by atoms with Gasteiger partial charge in [-0.05, 0) is 42.9 Å². The van der Waals surface area contributed by atoms with Crippen LogP contribution in [0, 0.1) is 4.77 Å². The highest BCUT2D eigenvalue weighted by Crippen LogP contribution is 2.29. The first kappa shape index (κ1) is 13.1. The van der Waals surface area contributed by atoms with Crippen molar-refractivity contribution in [1.29, 1.82) is 0 Å². The molecular weight excluding hydrogens is 276 g/mol. The fourth-order valence-corrected chi connectivity index (χ4v) is 4.23. The molecule has 2 heterocycles. The lowest BCUT2D eigenvalue weighted by Gasteiger charge is -2.21. The standard InChI is InChI=1S/C14H18N2OS2/c1-17-12-7-4-6-11-13(12)15-14(18)16(11)9-10-5-2-3-8-19-10/h4,6-7,10H,2-3,5,8-9H2,1H3,(H,15,18). The fraction of sp³-hybridized carbons (Fsp3) is 0.500. The quantitative estimate of drug-likeness (QED) is 0.868. The highest BCUT2D eigenvalue weighted by Gasteiger charge is 2.17. The lowest BCUT2D eigenvalue weighted by Crippen LogP contribution is -2.17. The first-order valence-corrected chi connectivity index (χ1v) is 8.12. The maximum absolute atomic E-state index is 5.47. The third-order valence-electron chi connectivity index (χ3n) is 3.65. The Morgan fingerprint density at radius 1 is 1.47 bits per heavy atom. The van der Waals surface area contributed by atoms with Crippen molar-refractivity contribution in [2.45, 2.75) is 31.1 Å². The summed E-state index contributed by atoms with van der Waals surface area (Å²) in [5.74, 6) is 2.14. The van der Waals surface area contributed by atoms with Crippen molar-refractivity contribution >= 4 is 35.0 Å². The maximum Gasteiger partial charge on any atom is 0.178 e. The number of nitrogens with one attached hydrogen (secondary N) is 1. The molecule has 1 aliphatic heterocycles. The van der Waals surface area contributed by atoms with Crippen molar-refractivity contribution in [3.8, 4) is 5.75 Å². The summed E-state index contributed by atoms with van der Waals surface area (Å²) in [5, 5.41) is 0.686. The van der Waals surface area contributed by atoms with E-state index in [2.05, 4.69) is 27.4 Å². The summed E-state index contributed by atoms with van der Waals surface area (Å²) in [6, 6.07) is 6.10. The first-order chi connectivity index (χ1) is 9.29. The van der Waals surface area contributed by atoms with E-state index in [0.717, 1.165) is 28.1 Å². The van der Waals surface area contributed by atoms with Gasteiger partial charge in [0, 0.05) is 11.8 Å². The molecule has 5 heteroatoms. The minimum Gasteiger partial charge on any atom is -0.494 e. The number of aromatic amines is 1. The summed E-state index contributed by atoms with van der Waals surface area (Å²) in [7, 11) is 1.69. The van der Waals surface area contributed by atoms with E-state index in [4.69, 9.17) is 17.0 Å². The molecule has 2 aromatic rings. The van der Waals surface area contributed by atoms with Crippen molar-refractivity contribution < 1.29 is 4.74 Å². The summed E-state index contributed by atoms with van der Waals surface area (Å²) in [5.41, 5.74) is 2.16. The molecule has 0 amide bonds. The van der Waals surface area contributed by atoms with Crippen LogP contribution in [0.5, 0.6) is 5.75 Å². The molecule has 3 nitrogen and oxygen atoms in total. The van der Waals surface area contributed by atoms with Crippen molar-refractivity contribution in [1.82, 2.24) is 9.55 Å². The Morgan fingerprint density at radius 2 is 2.37 bits per heavy atom. The second-order valence-corrected chi connectivity index (χ2v) is 6.68. The molecule has 1 atom stereocenters. The number of H-pyrrole nitrogens is 1. The first-order valence-electron chi connectivity index (χ1n) is 6.66. The molecule has 0 aliphatic carbocycles. The summed E-state index contributed by atoms with van der Waals surface area (Å²) in [4.78, 5) is 3.28. The van der Waals surface area contributed by atoms with Gasteiger partial charge in [-0.3, -0.25) is 0 Å². The number of imidazole rings is 1. The SMILES string of the molecule is COc1cccc2c1[nH]c(=S)n2CC1CCCCS1. The molecule has 1 unspecified atom stereocenters. The van der Waals surface area contributed by atoms with Gasteiger partial charge in [0.15, 0.2) is 4.77 Å². The van der Waals surface area contributed by atoms with Crippen LogP contribution in [0.2, 0.25) is 0 Å². The van der Waals surface area contributed by atoms with Crippen molar-refractivity contribution in [2.24, 2.45) is 0 Å². The number of hydrogen-bond donors (Lipinski definition) is 1. The highest BCUT2D eigenvalue weighted by atomic mass is 32.2. The predicted molar refractivity (Wildman–Crippen MR) is 83.8 cm³/mol. The van der Waals surface area contributed by atoms with Gasteiger partial charge >= 0.3 is 0 Å². The number of benzene rings is 1. The van der Waals surface area contributed by atoms with Crippen LogP contribution in [-0.2, 0) is 6.54 Å². The number of hydrogen-bond acceptors (Lipinski definition) is 3. The molecule has 0 radical (unpaired) electrons. The minimum absolute atomic E-state index is 0.686. The number of nitrogens with zero attached hydrogens (tertiary/aromatic N) is 1. The van der Waals surface area contributed by atoms with Gasteiger partial charge in [-0.25, -0.2) is 0 Å². The minimum atomic E-state index is 0.686. The van der Waals surface area contributed by atoms with Crippen molar-refractivity contribution in [3.05, 3.63) is 23.0 Å². The second-order valence-electron chi connectivity index (χ2n) is 4.88. The number of aromatic nitrogens is 2. The molecule has 1 aromatic heterocycles. The number of para-hydroxylation sites is 1. The van der Waals surface area contributed by atoms with Crippen LogP contribution < -0.4 is 4.74 Å². The van der Waals surface area contributed by atoms with Crippen LogP contribution in [0.25, 0.3) is 11.0 Å². The monoisotopic (exact) mass is 294 g/mol. The summed E-state index contributed by atoms with van der Waals surface area (Å²) in [6.45, 7) is 0.997. The third-order valence-corrected chi connectivity index (χ3v) is 5.36. The average Bonchev–Trinajstić information content (AvgIpc) is 2.76. The zero-order valence-corrected chi connectivity index (χ0v) is 12.6. The average molecular weight is 294 g/mol. The van der Waals surface area contributed by atoms with E-state index >= 15 is 0 Å². The topological polar surface area (TPSA) is 29.9 Å². The molecule has 3 rings (SSSR count). The lowest BCUT2D eigenvalue weighted by atomic mass is 10.2. The maximum atomic E-state index is 5.47. The van der Waals surface area contributed by atoms with Gasteiger partial charge in [-0.15, -0.1) is 0 Å². The lowest BCUT2D eigenvalue weighted by molar-refractivity contribution is 0.419. The molecule has 0 bridgehead atoms. The van der Waals surface area contributed by atoms with Gasteiger partial charge in [0.05, 0.1) is 12.6 Å². The molecule has 0 spiro atoms. The molecule has 1 aliphatic rings. The molecule has 1 saturated heterocycles. The van der Waals surface area contributed by atoms with Crippen molar-refractivity contribution in [2.75, 3.05) is 12.9 Å². The van der Waals surface area contributed by atoms with E-state index in [1.54, 1.807) is 7.11 Å². The van der Waals surface area contributed by atoms with Crippen LogP contribution in [0.15, 0.2) is 18.2 Å². The number of fused-ring (bicyclic) bond motifs is 1. The Balaban J connectivity index is 1.98. The van der Waals surface area contributed by atoms with E-state index in [9.17, 15) is 0 Å². The third kappa shape index (κ3) is 2.54. The van der Waals surface area contributed by atoms with Gasteiger partial charge in [-0.1, -0.05) is 12.5 Å². The van der Waals surface area contributed by atoms with Gasteiger partial charge in [0.1, 0.15) is 11.3 Å². The number of ether oxygens (including phenoxy) is 1. The van der Waals surface area contributed by atoms with Gasteiger partial charge in [-0.2, -0.15) is 11.8 Å². The van der Waals surface area contributed by atoms with E-state index in [0.29, 0.717) is 5.25 Å². The van der Waals surface area contributed by atoms with E-state index in [-0.39, 0.29) is 0 Å². The van der Waals surface area contributed by atoms with Gasteiger partial charge in [0.25, 0.3) is 0 Å². The highest BCUT2D eigenvalue weighted by molar-refractivity contribution is 7.99. The molecule has 1 fully saturated rings. The Bertz CT molecular complexity index is 626. The smallest absolute Gasteiger partial charge is 0.178 e. The fourth-order valence-electron chi connectivity index (χ4n) is 2.66. The van der Waals surface area contributed by atoms with Crippen LogP contribution in [0.3, 0.4) is 0 Å². The van der Waals surface area contributed by atoms with Crippen LogP contribution in [-0.4, -0.2) is 27.7 Å². The van der Waals surface area contributed by atoms with E-state index < -0.39 is 0 Å². The van der Waals surface area contributed by atoms with Gasteiger partial charge < -0.3 is 14.3 Å². The van der Waals surface area contributed by atoms with Crippen LogP contribution in [0.4, 0.5) is 0 Å². The zero-order chi connectivity index (χ0) is 13.2.